The van der Waals surface area contributed by atoms with E-state index in [9.17, 15) is 4.79 Å². The summed E-state index contributed by atoms with van der Waals surface area (Å²) in [7, 11) is 0. The van der Waals surface area contributed by atoms with E-state index in [0.717, 1.165) is 12.0 Å². The predicted octanol–water partition coefficient (Wildman–Crippen LogP) is 2.64. The highest BCUT2D eigenvalue weighted by Crippen LogP contribution is 2.22. The number of anilines is 1. The Morgan fingerprint density at radius 3 is 2.87 bits per heavy atom. The van der Waals surface area contributed by atoms with Gasteiger partial charge in [0.15, 0.2) is 6.29 Å². The highest BCUT2D eigenvalue weighted by Gasteiger charge is 2.13. The molecule has 1 fully saturated rings. The average Bonchev–Trinajstić information content (AvgIpc) is 2.31. The molecule has 0 amide bonds. The van der Waals surface area contributed by atoms with Crippen LogP contribution in [0.25, 0.3) is 0 Å². The maximum atomic E-state index is 10.8. The van der Waals surface area contributed by atoms with Gasteiger partial charge in [0.05, 0.1) is 5.56 Å². The Labute approximate surface area is 89.9 Å². The van der Waals surface area contributed by atoms with Gasteiger partial charge in [-0.05, 0) is 18.9 Å². The van der Waals surface area contributed by atoms with Crippen LogP contribution in [0.2, 0.25) is 0 Å². The maximum absolute atomic E-state index is 10.8. The first kappa shape index (κ1) is 10.1. The Hall–Kier alpha value is -1.38. The molecule has 0 spiro atoms. The van der Waals surface area contributed by atoms with E-state index in [1.54, 1.807) is 12.4 Å². The van der Waals surface area contributed by atoms with Crippen molar-refractivity contribution in [1.29, 1.82) is 0 Å². The highest BCUT2D eigenvalue weighted by atomic mass is 16.1. The number of rotatable bonds is 3. The minimum Gasteiger partial charge on any atom is -0.382 e. The molecule has 3 heteroatoms. The van der Waals surface area contributed by atoms with Gasteiger partial charge in [-0.1, -0.05) is 19.3 Å². The number of carbonyl (C=O) groups is 1. The largest absolute Gasteiger partial charge is 0.382 e. The van der Waals surface area contributed by atoms with Crippen LogP contribution in [0.3, 0.4) is 0 Å². The Morgan fingerprint density at radius 1 is 1.33 bits per heavy atom. The van der Waals surface area contributed by atoms with Gasteiger partial charge in [0.25, 0.3) is 0 Å². The van der Waals surface area contributed by atoms with Gasteiger partial charge in [-0.2, -0.15) is 0 Å². The topological polar surface area (TPSA) is 42.0 Å². The van der Waals surface area contributed by atoms with Gasteiger partial charge in [-0.15, -0.1) is 0 Å². The fourth-order valence-corrected chi connectivity index (χ4v) is 2.10. The molecule has 1 heterocycles. The standard InChI is InChI=1S/C12H16N2O/c15-9-10-8-13-7-6-12(10)14-11-4-2-1-3-5-11/h6-9,11H,1-5H2,(H,13,14). The number of pyridine rings is 1. The Bertz CT molecular complexity index is 332. The first-order chi connectivity index (χ1) is 7.40. The number of hydrogen-bond acceptors (Lipinski definition) is 3. The molecule has 80 valence electrons. The van der Waals surface area contributed by atoms with Gasteiger partial charge in [0, 0.05) is 24.1 Å². The number of carbonyl (C=O) groups excluding carboxylic acids is 1. The van der Waals surface area contributed by atoms with Crippen molar-refractivity contribution >= 4 is 12.0 Å². The van der Waals surface area contributed by atoms with Crippen LogP contribution < -0.4 is 5.32 Å². The minimum absolute atomic E-state index is 0.528. The number of aromatic nitrogens is 1. The van der Waals surface area contributed by atoms with Crippen LogP contribution in [-0.4, -0.2) is 17.3 Å². The van der Waals surface area contributed by atoms with Crippen molar-refractivity contribution in [3.63, 3.8) is 0 Å². The lowest BCUT2D eigenvalue weighted by atomic mass is 9.95. The molecule has 0 saturated heterocycles. The second-order valence-corrected chi connectivity index (χ2v) is 4.06. The summed E-state index contributed by atoms with van der Waals surface area (Å²) in [4.78, 5) is 14.7. The predicted molar refractivity (Wildman–Crippen MR) is 60.1 cm³/mol. The summed E-state index contributed by atoms with van der Waals surface area (Å²) >= 11 is 0. The van der Waals surface area contributed by atoms with Crippen molar-refractivity contribution < 1.29 is 4.79 Å². The highest BCUT2D eigenvalue weighted by molar-refractivity contribution is 5.83. The Balaban J connectivity index is 2.05. The van der Waals surface area contributed by atoms with E-state index in [-0.39, 0.29) is 0 Å². The molecule has 1 saturated carbocycles. The second-order valence-electron chi connectivity index (χ2n) is 4.06. The maximum Gasteiger partial charge on any atom is 0.153 e. The van der Waals surface area contributed by atoms with Crippen LogP contribution in [0, 0.1) is 0 Å². The molecule has 2 rings (SSSR count). The van der Waals surface area contributed by atoms with Crippen molar-refractivity contribution in [2.24, 2.45) is 0 Å². The minimum atomic E-state index is 0.528. The fourth-order valence-electron chi connectivity index (χ4n) is 2.10. The quantitative estimate of drug-likeness (QED) is 0.769. The lowest BCUT2D eigenvalue weighted by Gasteiger charge is -2.24. The lowest BCUT2D eigenvalue weighted by molar-refractivity contribution is 0.112. The number of hydrogen-bond donors (Lipinski definition) is 1. The van der Waals surface area contributed by atoms with Crippen LogP contribution in [0.4, 0.5) is 5.69 Å². The summed E-state index contributed by atoms with van der Waals surface area (Å²) < 4.78 is 0. The molecule has 0 aliphatic heterocycles. The van der Waals surface area contributed by atoms with Crippen LogP contribution in [0.15, 0.2) is 18.5 Å². The van der Waals surface area contributed by atoms with E-state index in [2.05, 4.69) is 10.3 Å². The third-order valence-electron chi connectivity index (χ3n) is 2.94. The Kier molecular flexibility index (Phi) is 3.33. The number of aldehydes is 1. The summed E-state index contributed by atoms with van der Waals surface area (Å²) in [6, 6.07) is 2.40. The van der Waals surface area contributed by atoms with Crippen LogP contribution >= 0.6 is 0 Å². The molecular formula is C12H16N2O. The van der Waals surface area contributed by atoms with Gasteiger partial charge in [0.1, 0.15) is 0 Å². The van der Waals surface area contributed by atoms with E-state index in [0.29, 0.717) is 11.6 Å². The zero-order valence-corrected chi connectivity index (χ0v) is 8.78. The molecule has 0 bridgehead atoms. The van der Waals surface area contributed by atoms with Crippen LogP contribution in [-0.2, 0) is 0 Å². The first-order valence-electron chi connectivity index (χ1n) is 5.56. The van der Waals surface area contributed by atoms with E-state index in [1.807, 2.05) is 6.07 Å². The first-order valence-corrected chi connectivity index (χ1v) is 5.56. The number of nitrogens with zero attached hydrogens (tertiary/aromatic N) is 1. The van der Waals surface area contributed by atoms with Crippen molar-refractivity contribution in [1.82, 2.24) is 4.98 Å². The van der Waals surface area contributed by atoms with Gasteiger partial charge in [-0.3, -0.25) is 9.78 Å². The van der Waals surface area contributed by atoms with Crippen molar-refractivity contribution in [2.75, 3.05) is 5.32 Å². The zero-order chi connectivity index (χ0) is 10.5. The smallest absolute Gasteiger partial charge is 0.153 e. The SMILES string of the molecule is O=Cc1cnccc1NC1CCCCC1. The molecule has 3 nitrogen and oxygen atoms in total. The van der Waals surface area contributed by atoms with Gasteiger partial charge in [0.2, 0.25) is 0 Å². The molecule has 0 aromatic carbocycles. The van der Waals surface area contributed by atoms with E-state index in [1.165, 1.54) is 32.1 Å². The zero-order valence-electron chi connectivity index (χ0n) is 8.78. The van der Waals surface area contributed by atoms with Crippen molar-refractivity contribution in [3.8, 4) is 0 Å². The molecule has 0 atom stereocenters. The fraction of sp³-hybridized carbons (Fsp3) is 0.500. The second kappa shape index (κ2) is 4.91. The van der Waals surface area contributed by atoms with Gasteiger partial charge in [-0.25, -0.2) is 0 Å². The number of nitrogens with one attached hydrogen (secondary N) is 1. The summed E-state index contributed by atoms with van der Waals surface area (Å²) in [6.07, 6.45) is 10.5. The summed E-state index contributed by atoms with van der Waals surface area (Å²) in [5, 5.41) is 3.43. The molecule has 1 aliphatic carbocycles. The van der Waals surface area contributed by atoms with E-state index >= 15 is 0 Å². The van der Waals surface area contributed by atoms with Gasteiger partial charge < -0.3 is 5.32 Å². The molecule has 0 radical (unpaired) electrons. The molecule has 1 aromatic heterocycles. The third kappa shape index (κ3) is 2.55. The molecule has 1 aromatic rings. The molecule has 15 heavy (non-hydrogen) atoms. The average molecular weight is 204 g/mol. The third-order valence-corrected chi connectivity index (χ3v) is 2.94. The molecule has 0 unspecified atom stereocenters. The normalized spacial score (nSPS) is 17.3. The Morgan fingerprint density at radius 2 is 2.13 bits per heavy atom. The summed E-state index contributed by atoms with van der Waals surface area (Å²) in [5.74, 6) is 0. The van der Waals surface area contributed by atoms with Crippen molar-refractivity contribution in [3.05, 3.63) is 24.0 Å². The molecule has 1 N–H and O–H groups in total. The lowest BCUT2D eigenvalue weighted by Crippen LogP contribution is -2.22. The van der Waals surface area contributed by atoms with E-state index in [4.69, 9.17) is 0 Å². The molecule has 1 aliphatic rings. The monoisotopic (exact) mass is 204 g/mol. The van der Waals surface area contributed by atoms with Crippen LogP contribution in [0.1, 0.15) is 42.5 Å². The van der Waals surface area contributed by atoms with Crippen LogP contribution in [0.5, 0.6) is 0 Å². The molecular weight excluding hydrogens is 188 g/mol. The van der Waals surface area contributed by atoms with E-state index < -0.39 is 0 Å². The summed E-state index contributed by atoms with van der Waals surface area (Å²) in [6.45, 7) is 0. The van der Waals surface area contributed by atoms with Gasteiger partial charge >= 0.3 is 0 Å². The van der Waals surface area contributed by atoms with Crippen molar-refractivity contribution in [2.45, 2.75) is 38.1 Å². The summed E-state index contributed by atoms with van der Waals surface area (Å²) in [5.41, 5.74) is 1.58.